The van der Waals surface area contributed by atoms with Gasteiger partial charge in [-0.05, 0) is 23.6 Å². The van der Waals surface area contributed by atoms with Gasteiger partial charge in [0.15, 0.2) is 0 Å². The first kappa shape index (κ1) is 15.6. The number of thiophene rings is 1. The van der Waals surface area contributed by atoms with E-state index in [2.05, 4.69) is 11.4 Å². The maximum Gasteiger partial charge on any atom is 0.121 e. The molecule has 0 amide bonds. The van der Waals surface area contributed by atoms with Gasteiger partial charge in [0.05, 0.1) is 10.0 Å². The van der Waals surface area contributed by atoms with E-state index in [9.17, 15) is 5.11 Å². The Labute approximate surface area is 132 Å². The second-order valence-electron chi connectivity index (χ2n) is 4.25. The smallest absolute Gasteiger partial charge is 0.121 e. The molecule has 0 spiro atoms. The highest BCUT2D eigenvalue weighted by atomic mass is 35.5. The summed E-state index contributed by atoms with van der Waals surface area (Å²) in [6.45, 7) is 1.43. The molecule has 0 radical (unpaired) electrons. The van der Waals surface area contributed by atoms with E-state index in [0.717, 1.165) is 6.54 Å². The Kier molecular flexibility index (Phi) is 6.13. The highest BCUT2D eigenvalue weighted by Gasteiger charge is 2.06. The molecule has 0 saturated carbocycles. The first-order valence-electron chi connectivity index (χ1n) is 6.14. The fraction of sp³-hybridized carbons (Fsp3) is 0.286. The van der Waals surface area contributed by atoms with E-state index in [-0.39, 0.29) is 6.61 Å². The predicted molar refractivity (Wildman–Crippen MR) is 84.0 cm³/mol. The van der Waals surface area contributed by atoms with Gasteiger partial charge in [0.1, 0.15) is 18.5 Å². The third kappa shape index (κ3) is 4.96. The third-order valence-corrected chi connectivity index (χ3v) is 4.21. The summed E-state index contributed by atoms with van der Waals surface area (Å²) in [6.07, 6.45) is -0.579. The minimum absolute atomic E-state index is 0.204. The molecule has 0 saturated heterocycles. The molecular formula is C14H15Cl2NO2S. The van der Waals surface area contributed by atoms with Gasteiger partial charge in [0.2, 0.25) is 0 Å². The van der Waals surface area contributed by atoms with Gasteiger partial charge in [-0.25, -0.2) is 0 Å². The third-order valence-electron chi connectivity index (χ3n) is 2.59. The van der Waals surface area contributed by atoms with E-state index >= 15 is 0 Å². The van der Waals surface area contributed by atoms with Crippen LogP contribution in [-0.4, -0.2) is 24.4 Å². The van der Waals surface area contributed by atoms with Crippen LogP contribution in [0, 0.1) is 0 Å². The van der Waals surface area contributed by atoms with Crippen LogP contribution in [-0.2, 0) is 6.54 Å². The predicted octanol–water partition coefficient (Wildman–Crippen LogP) is 3.58. The van der Waals surface area contributed by atoms with Crippen molar-refractivity contribution in [3.63, 3.8) is 0 Å². The maximum absolute atomic E-state index is 9.82. The van der Waals surface area contributed by atoms with E-state index in [4.69, 9.17) is 27.9 Å². The SMILES string of the molecule is OC(CNCc1cccs1)COc1ccc(Cl)c(Cl)c1. The van der Waals surface area contributed by atoms with Gasteiger partial charge >= 0.3 is 0 Å². The first-order valence-corrected chi connectivity index (χ1v) is 7.77. The topological polar surface area (TPSA) is 41.5 Å². The number of nitrogens with one attached hydrogen (secondary N) is 1. The number of rotatable bonds is 7. The zero-order chi connectivity index (χ0) is 14.4. The van der Waals surface area contributed by atoms with Crippen molar-refractivity contribution in [2.75, 3.05) is 13.2 Å². The normalized spacial score (nSPS) is 12.3. The van der Waals surface area contributed by atoms with Crippen molar-refractivity contribution in [3.05, 3.63) is 50.6 Å². The number of ether oxygens (including phenoxy) is 1. The van der Waals surface area contributed by atoms with E-state index in [0.29, 0.717) is 22.3 Å². The summed E-state index contributed by atoms with van der Waals surface area (Å²) >= 11 is 13.4. The van der Waals surface area contributed by atoms with Gasteiger partial charge < -0.3 is 15.2 Å². The quantitative estimate of drug-likeness (QED) is 0.814. The highest BCUT2D eigenvalue weighted by Crippen LogP contribution is 2.26. The van der Waals surface area contributed by atoms with E-state index in [1.54, 1.807) is 29.5 Å². The lowest BCUT2D eigenvalue weighted by molar-refractivity contribution is 0.106. The molecule has 0 aliphatic heterocycles. The Bertz CT molecular complexity index is 534. The summed E-state index contributed by atoms with van der Waals surface area (Å²) in [6, 6.07) is 9.08. The minimum Gasteiger partial charge on any atom is -0.491 e. The van der Waals surface area contributed by atoms with Crippen molar-refractivity contribution in [2.24, 2.45) is 0 Å². The molecule has 20 heavy (non-hydrogen) atoms. The molecule has 2 aromatic rings. The molecule has 2 N–H and O–H groups in total. The Morgan fingerprint density at radius 1 is 1.25 bits per heavy atom. The molecule has 1 aromatic heterocycles. The van der Waals surface area contributed by atoms with Gasteiger partial charge in [0, 0.05) is 24.0 Å². The standard InChI is InChI=1S/C14H15Cl2NO2S/c15-13-4-3-11(6-14(13)16)19-9-10(18)7-17-8-12-2-1-5-20-12/h1-6,10,17-18H,7-9H2. The summed E-state index contributed by atoms with van der Waals surface area (Å²) < 4.78 is 5.46. The number of aliphatic hydroxyl groups excluding tert-OH is 1. The zero-order valence-corrected chi connectivity index (χ0v) is 13.0. The summed E-state index contributed by atoms with van der Waals surface area (Å²) in [5, 5.41) is 15.9. The molecule has 0 fully saturated rings. The monoisotopic (exact) mass is 331 g/mol. The van der Waals surface area contributed by atoms with Crippen LogP contribution in [0.15, 0.2) is 35.7 Å². The molecule has 108 valence electrons. The largest absolute Gasteiger partial charge is 0.491 e. The van der Waals surface area contributed by atoms with Crippen LogP contribution in [0.25, 0.3) is 0 Å². The van der Waals surface area contributed by atoms with Gasteiger partial charge in [-0.15, -0.1) is 11.3 Å². The number of hydrogen-bond donors (Lipinski definition) is 2. The van der Waals surface area contributed by atoms with Crippen molar-refractivity contribution >= 4 is 34.5 Å². The minimum atomic E-state index is -0.579. The molecule has 2 rings (SSSR count). The van der Waals surface area contributed by atoms with Gasteiger partial charge in [-0.1, -0.05) is 29.3 Å². The van der Waals surface area contributed by atoms with Crippen LogP contribution < -0.4 is 10.1 Å². The van der Waals surface area contributed by atoms with Gasteiger partial charge in [-0.3, -0.25) is 0 Å². The molecule has 1 heterocycles. The van der Waals surface area contributed by atoms with Crippen molar-refractivity contribution in [3.8, 4) is 5.75 Å². The second kappa shape index (κ2) is 7.86. The lowest BCUT2D eigenvalue weighted by Gasteiger charge is -2.13. The van der Waals surface area contributed by atoms with E-state index in [1.165, 1.54) is 4.88 Å². The molecule has 0 aliphatic rings. The molecule has 3 nitrogen and oxygen atoms in total. The molecule has 1 unspecified atom stereocenters. The summed E-state index contributed by atoms with van der Waals surface area (Å²) in [5.74, 6) is 0.594. The second-order valence-corrected chi connectivity index (χ2v) is 6.10. The van der Waals surface area contributed by atoms with Crippen molar-refractivity contribution < 1.29 is 9.84 Å². The molecule has 6 heteroatoms. The average Bonchev–Trinajstić information content (AvgIpc) is 2.93. The van der Waals surface area contributed by atoms with Crippen LogP contribution in [0.5, 0.6) is 5.75 Å². The molecule has 1 aromatic carbocycles. The highest BCUT2D eigenvalue weighted by molar-refractivity contribution is 7.09. The lowest BCUT2D eigenvalue weighted by atomic mass is 10.3. The van der Waals surface area contributed by atoms with Gasteiger partial charge in [0.25, 0.3) is 0 Å². The van der Waals surface area contributed by atoms with Crippen molar-refractivity contribution in [2.45, 2.75) is 12.6 Å². The summed E-state index contributed by atoms with van der Waals surface area (Å²) in [5.41, 5.74) is 0. The Hall–Kier alpha value is -0.780. The fourth-order valence-electron chi connectivity index (χ4n) is 1.59. The van der Waals surface area contributed by atoms with Crippen LogP contribution in [0.4, 0.5) is 0 Å². The van der Waals surface area contributed by atoms with Crippen LogP contribution in [0.3, 0.4) is 0 Å². The average molecular weight is 332 g/mol. The Balaban J connectivity index is 1.69. The first-order chi connectivity index (χ1) is 9.65. The number of halogens is 2. The summed E-state index contributed by atoms with van der Waals surface area (Å²) in [7, 11) is 0. The Morgan fingerprint density at radius 3 is 2.80 bits per heavy atom. The zero-order valence-electron chi connectivity index (χ0n) is 10.7. The Morgan fingerprint density at radius 2 is 2.10 bits per heavy atom. The summed E-state index contributed by atoms with van der Waals surface area (Å²) in [4.78, 5) is 1.24. The van der Waals surface area contributed by atoms with Crippen molar-refractivity contribution in [1.29, 1.82) is 0 Å². The van der Waals surface area contributed by atoms with E-state index in [1.807, 2.05) is 11.4 Å². The van der Waals surface area contributed by atoms with Gasteiger partial charge in [-0.2, -0.15) is 0 Å². The van der Waals surface area contributed by atoms with Crippen LogP contribution >= 0.6 is 34.5 Å². The molecule has 1 atom stereocenters. The van der Waals surface area contributed by atoms with E-state index < -0.39 is 6.10 Å². The van der Waals surface area contributed by atoms with Crippen LogP contribution in [0.2, 0.25) is 10.0 Å². The number of hydrogen-bond acceptors (Lipinski definition) is 4. The van der Waals surface area contributed by atoms with Crippen LogP contribution in [0.1, 0.15) is 4.88 Å². The molecule has 0 aliphatic carbocycles. The molecular weight excluding hydrogens is 317 g/mol. The number of aliphatic hydroxyl groups is 1. The molecule has 0 bridgehead atoms. The number of benzene rings is 1. The maximum atomic E-state index is 9.82. The lowest BCUT2D eigenvalue weighted by Crippen LogP contribution is -2.30. The fourth-order valence-corrected chi connectivity index (χ4v) is 2.56. The van der Waals surface area contributed by atoms with Crippen molar-refractivity contribution in [1.82, 2.24) is 5.32 Å².